The molecule has 164 valence electrons. The van der Waals surface area contributed by atoms with Gasteiger partial charge in [0.2, 0.25) is 17.3 Å². The number of hydrogen-bond acceptors (Lipinski definition) is 2. The van der Waals surface area contributed by atoms with E-state index in [0.29, 0.717) is 11.5 Å². The molecular weight excluding hydrogens is 441 g/mol. The van der Waals surface area contributed by atoms with Crippen molar-refractivity contribution in [2.45, 2.75) is 31.1 Å². The van der Waals surface area contributed by atoms with Gasteiger partial charge < -0.3 is 0 Å². The highest BCUT2D eigenvalue weighted by atomic mass is 19.4. The van der Waals surface area contributed by atoms with Crippen molar-refractivity contribution in [2.75, 3.05) is 0 Å². The number of alkyl halides is 3. The van der Waals surface area contributed by atoms with Crippen LogP contribution in [0.4, 0.5) is 22.0 Å². The van der Waals surface area contributed by atoms with E-state index in [1.165, 1.54) is 4.68 Å². The van der Waals surface area contributed by atoms with Gasteiger partial charge in [0.05, 0.1) is 0 Å². The van der Waals surface area contributed by atoms with Gasteiger partial charge in [0.25, 0.3) is 5.69 Å². The second-order valence-corrected chi connectivity index (χ2v) is 9.02. The zero-order chi connectivity index (χ0) is 23.1. The van der Waals surface area contributed by atoms with Crippen molar-refractivity contribution >= 4 is 0 Å². The van der Waals surface area contributed by atoms with Gasteiger partial charge in [-0.2, -0.15) is 22.1 Å². The van der Waals surface area contributed by atoms with Gasteiger partial charge in [-0.1, -0.05) is 15.8 Å². The van der Waals surface area contributed by atoms with Crippen LogP contribution in [0.3, 0.4) is 0 Å². The van der Waals surface area contributed by atoms with Crippen molar-refractivity contribution in [1.29, 1.82) is 0 Å². The van der Waals surface area contributed by atoms with Crippen LogP contribution >= 0.6 is 0 Å². The van der Waals surface area contributed by atoms with Gasteiger partial charge in [-0.3, -0.25) is 0 Å². The Morgan fingerprint density at radius 3 is 2.36 bits per heavy atom. The summed E-state index contributed by atoms with van der Waals surface area (Å²) in [4.78, 5) is 3.90. The summed E-state index contributed by atoms with van der Waals surface area (Å²) in [5.74, 6) is -2.03. The van der Waals surface area contributed by atoms with Crippen LogP contribution in [0.15, 0.2) is 48.5 Å². The van der Waals surface area contributed by atoms with Crippen LogP contribution in [-0.2, 0) is 17.3 Å². The monoisotopic (exact) mass is 455 g/mol. The maximum absolute atomic E-state index is 14.6. The summed E-state index contributed by atoms with van der Waals surface area (Å²) in [6.45, 7) is 4.00. The predicted molar refractivity (Wildman–Crippen MR) is 102 cm³/mol. The van der Waals surface area contributed by atoms with Crippen LogP contribution in [0, 0.1) is 11.8 Å². The van der Waals surface area contributed by atoms with Crippen LogP contribution in [0.5, 0.6) is 0 Å². The first-order chi connectivity index (χ1) is 15.6. The largest absolute Gasteiger partial charge is 0.437 e. The Kier molecular flexibility index (Phi) is 3.01. The van der Waals surface area contributed by atoms with Gasteiger partial charge in [0.1, 0.15) is 16.7 Å². The minimum Gasteiger partial charge on any atom is -0.210 e. The first-order valence-corrected chi connectivity index (χ1v) is 10.2. The highest BCUT2D eigenvalue weighted by Crippen LogP contribution is 2.49. The van der Waals surface area contributed by atoms with Crippen LogP contribution in [-0.4, -0.2) is 14.8 Å². The van der Waals surface area contributed by atoms with Crippen molar-refractivity contribution < 1.29 is 31.1 Å². The van der Waals surface area contributed by atoms with E-state index in [1.807, 2.05) is 35.1 Å². The Balaban J connectivity index is 1.76. The SMILES string of the molecule is CC1(C)c2cccc3[n+]2[C@]2(c4cc(F)c(F)nc4-3)c3cc(C(F)(F)F)nn3-c3cccc1[n+]32. The van der Waals surface area contributed by atoms with E-state index >= 15 is 0 Å². The fraction of sp³-hybridized carbons (Fsp3) is 0.217. The normalized spacial score (nSPS) is 20.3. The Morgan fingerprint density at radius 1 is 0.939 bits per heavy atom. The molecule has 0 saturated heterocycles. The number of rotatable bonds is 0. The van der Waals surface area contributed by atoms with Crippen molar-refractivity contribution in [3.05, 3.63) is 88.6 Å². The molecule has 3 aliphatic rings. The van der Waals surface area contributed by atoms with Gasteiger partial charge in [-0.25, -0.2) is 9.37 Å². The lowest BCUT2D eigenvalue weighted by Gasteiger charge is -2.33. The quantitative estimate of drug-likeness (QED) is 0.200. The molecule has 0 aromatic carbocycles. The van der Waals surface area contributed by atoms with Crippen LogP contribution in [0.2, 0.25) is 0 Å². The molecule has 0 aliphatic carbocycles. The lowest BCUT2D eigenvalue weighted by Crippen LogP contribution is -2.79. The smallest absolute Gasteiger partial charge is 0.210 e. The maximum Gasteiger partial charge on any atom is 0.437 e. The predicted octanol–water partition coefficient (Wildman–Crippen LogP) is 3.37. The third-order valence-electron chi connectivity index (χ3n) is 7.01. The second kappa shape index (κ2) is 5.27. The van der Waals surface area contributed by atoms with E-state index in [-0.39, 0.29) is 17.0 Å². The summed E-state index contributed by atoms with van der Waals surface area (Å²) in [6, 6.07) is 12.7. The van der Waals surface area contributed by atoms with Crippen LogP contribution in [0.1, 0.15) is 42.2 Å². The molecular formula is C23H14F5N5+2. The average Bonchev–Trinajstić information content (AvgIpc) is 3.39. The van der Waals surface area contributed by atoms with Crippen molar-refractivity contribution in [3.8, 4) is 17.2 Å². The van der Waals surface area contributed by atoms with Gasteiger partial charge >= 0.3 is 17.7 Å². The highest BCUT2D eigenvalue weighted by Gasteiger charge is 2.73. The summed E-state index contributed by atoms with van der Waals surface area (Å²) in [5, 5.41) is 3.89. The van der Waals surface area contributed by atoms with E-state index in [1.54, 1.807) is 24.3 Å². The number of pyridine rings is 3. The molecule has 1 spiro atoms. The zero-order valence-corrected chi connectivity index (χ0v) is 17.2. The minimum atomic E-state index is -4.68. The molecule has 4 aromatic rings. The van der Waals surface area contributed by atoms with Crippen LogP contribution in [0.25, 0.3) is 17.2 Å². The minimum absolute atomic E-state index is 0.183. The van der Waals surface area contributed by atoms with E-state index < -0.39 is 34.7 Å². The van der Waals surface area contributed by atoms with Gasteiger partial charge in [0, 0.05) is 24.3 Å². The zero-order valence-electron chi connectivity index (χ0n) is 17.2. The van der Waals surface area contributed by atoms with E-state index in [9.17, 15) is 22.0 Å². The van der Waals surface area contributed by atoms with Gasteiger partial charge in [-0.15, -0.1) is 4.57 Å². The van der Waals surface area contributed by atoms with Crippen molar-refractivity contribution in [1.82, 2.24) is 14.8 Å². The molecule has 1 atom stereocenters. The third-order valence-corrected chi connectivity index (χ3v) is 7.01. The molecule has 0 bridgehead atoms. The molecule has 0 radical (unpaired) electrons. The summed E-state index contributed by atoms with van der Waals surface area (Å²) in [7, 11) is 0. The summed E-state index contributed by atoms with van der Waals surface area (Å²) in [6.07, 6.45) is -4.68. The third kappa shape index (κ3) is 1.87. The van der Waals surface area contributed by atoms with Crippen molar-refractivity contribution in [2.24, 2.45) is 0 Å². The molecule has 0 amide bonds. The fourth-order valence-corrected chi connectivity index (χ4v) is 5.73. The molecule has 33 heavy (non-hydrogen) atoms. The maximum atomic E-state index is 14.6. The lowest BCUT2D eigenvalue weighted by molar-refractivity contribution is -0.972. The number of nitrogens with zero attached hydrogens (tertiary/aromatic N) is 5. The standard InChI is InChI=1S/C23H14F5N5/c1-21(2)15-6-3-5-13-19-11(9-12(24)20(25)29-19)22(31(13)15)17-10-14(23(26,27)28)30-33(17)18-8-4-7-16(21)32(18)22/h3-10H,1-2H3/q+2/t22-/m0/s1. The Hall–Kier alpha value is -3.69. The molecule has 4 aromatic heterocycles. The Labute approximate surface area is 183 Å². The average molecular weight is 455 g/mol. The van der Waals surface area contributed by atoms with E-state index in [4.69, 9.17) is 0 Å². The van der Waals surface area contributed by atoms with E-state index in [0.717, 1.165) is 23.5 Å². The molecule has 3 aliphatic heterocycles. The lowest BCUT2D eigenvalue weighted by atomic mass is 9.79. The first-order valence-electron chi connectivity index (χ1n) is 10.2. The molecule has 0 fully saturated rings. The molecule has 0 unspecified atom stereocenters. The van der Waals surface area contributed by atoms with Gasteiger partial charge in [0.15, 0.2) is 17.2 Å². The molecule has 10 heteroatoms. The fourth-order valence-electron chi connectivity index (χ4n) is 5.73. The van der Waals surface area contributed by atoms with Crippen LogP contribution < -0.4 is 9.13 Å². The number of fused-ring (bicyclic) bond motifs is 4. The topological polar surface area (TPSA) is 38.5 Å². The molecule has 0 N–H and O–H groups in total. The Bertz CT molecular complexity index is 1570. The van der Waals surface area contributed by atoms with Crippen molar-refractivity contribution in [3.63, 3.8) is 0 Å². The summed E-state index contributed by atoms with van der Waals surface area (Å²) in [5.41, 5.74) is -0.370. The summed E-state index contributed by atoms with van der Waals surface area (Å²) < 4.78 is 75.0. The van der Waals surface area contributed by atoms with Gasteiger partial charge in [-0.05, 0) is 32.0 Å². The molecule has 7 heterocycles. The summed E-state index contributed by atoms with van der Waals surface area (Å²) >= 11 is 0. The highest BCUT2D eigenvalue weighted by molar-refractivity contribution is 5.64. The number of aromatic nitrogens is 5. The molecule has 7 rings (SSSR count). The second-order valence-electron chi connectivity index (χ2n) is 9.02. The number of hydrogen-bond donors (Lipinski definition) is 0. The first kappa shape index (κ1) is 18.8. The number of halogens is 5. The molecule has 0 saturated carbocycles. The Morgan fingerprint density at radius 2 is 1.64 bits per heavy atom. The van der Waals surface area contributed by atoms with E-state index in [2.05, 4.69) is 10.1 Å². The molecule has 5 nitrogen and oxygen atoms in total.